The van der Waals surface area contributed by atoms with Gasteiger partial charge in [-0.2, -0.15) is 0 Å². The molecule has 0 aliphatic heterocycles. The maximum absolute atomic E-state index is 9.55. The van der Waals surface area contributed by atoms with Crippen molar-refractivity contribution in [2.45, 2.75) is 59.5 Å². The lowest BCUT2D eigenvalue weighted by Crippen LogP contribution is -2.24. The third-order valence-corrected chi connectivity index (χ3v) is 4.75. The Kier molecular flexibility index (Phi) is 4.51. The molecule has 2 heteroatoms. The van der Waals surface area contributed by atoms with Crippen LogP contribution in [0.15, 0.2) is 6.07 Å². The summed E-state index contributed by atoms with van der Waals surface area (Å²) in [5.74, 6) is 0.711. The van der Waals surface area contributed by atoms with Crippen molar-refractivity contribution < 1.29 is 5.11 Å². The van der Waals surface area contributed by atoms with E-state index in [0.29, 0.717) is 5.92 Å². The van der Waals surface area contributed by atoms with Gasteiger partial charge in [0.05, 0.1) is 6.10 Å². The number of aliphatic hydroxyl groups excluding tert-OH is 1. The first-order valence-corrected chi connectivity index (χ1v) is 7.48. The molecule has 1 fully saturated rings. The van der Waals surface area contributed by atoms with Gasteiger partial charge in [0.25, 0.3) is 0 Å². The van der Waals surface area contributed by atoms with E-state index in [2.05, 4.69) is 39.1 Å². The molecular weight excluding hydrogens is 234 g/mol. The standard InChI is InChI=1S/C17H27NO/c1-11-9-12(2)14(4)17(13(11)3)18-10-15-5-7-16(19)8-6-15/h9,15-16,18-19H,5-8,10H2,1-4H3. The molecule has 1 aromatic rings. The zero-order valence-corrected chi connectivity index (χ0v) is 12.7. The predicted molar refractivity (Wildman–Crippen MR) is 81.8 cm³/mol. The average Bonchev–Trinajstić information content (AvgIpc) is 2.38. The molecule has 0 saturated heterocycles. The summed E-state index contributed by atoms with van der Waals surface area (Å²) in [7, 11) is 0. The first-order chi connectivity index (χ1) is 8.99. The molecule has 1 aliphatic rings. The van der Waals surface area contributed by atoms with Crippen molar-refractivity contribution in [3.05, 3.63) is 28.3 Å². The molecule has 0 unspecified atom stereocenters. The zero-order valence-electron chi connectivity index (χ0n) is 12.7. The fourth-order valence-corrected chi connectivity index (χ4v) is 3.08. The summed E-state index contributed by atoms with van der Waals surface area (Å²) in [6, 6.07) is 2.27. The molecule has 1 saturated carbocycles. The lowest BCUT2D eigenvalue weighted by atomic mass is 9.87. The highest BCUT2D eigenvalue weighted by Gasteiger charge is 2.19. The fourth-order valence-electron chi connectivity index (χ4n) is 3.08. The van der Waals surface area contributed by atoms with E-state index in [4.69, 9.17) is 0 Å². The lowest BCUT2D eigenvalue weighted by Gasteiger charge is -2.27. The molecule has 0 heterocycles. The van der Waals surface area contributed by atoms with Crippen molar-refractivity contribution in [3.63, 3.8) is 0 Å². The van der Waals surface area contributed by atoms with E-state index in [1.54, 1.807) is 0 Å². The molecule has 0 bridgehead atoms. The fraction of sp³-hybridized carbons (Fsp3) is 0.647. The molecule has 1 aliphatic carbocycles. The zero-order chi connectivity index (χ0) is 14.0. The predicted octanol–water partition coefficient (Wildman–Crippen LogP) is 3.88. The van der Waals surface area contributed by atoms with Crippen LogP contribution in [0.5, 0.6) is 0 Å². The molecule has 2 rings (SSSR count). The number of anilines is 1. The van der Waals surface area contributed by atoms with Crippen LogP contribution >= 0.6 is 0 Å². The van der Waals surface area contributed by atoms with Crippen LogP contribution in [0.2, 0.25) is 0 Å². The highest BCUT2D eigenvalue weighted by molar-refractivity contribution is 5.62. The maximum atomic E-state index is 9.55. The van der Waals surface area contributed by atoms with Gasteiger partial charge in [-0.05, 0) is 81.5 Å². The van der Waals surface area contributed by atoms with Gasteiger partial charge in [0.2, 0.25) is 0 Å². The topological polar surface area (TPSA) is 32.3 Å². The number of aliphatic hydroxyl groups is 1. The first kappa shape index (κ1) is 14.4. The second-order valence-electron chi connectivity index (χ2n) is 6.19. The van der Waals surface area contributed by atoms with Crippen molar-refractivity contribution in [2.75, 3.05) is 11.9 Å². The third kappa shape index (κ3) is 3.30. The number of nitrogens with one attached hydrogen (secondary N) is 1. The number of rotatable bonds is 3. The molecule has 1 aromatic carbocycles. The van der Waals surface area contributed by atoms with Crippen LogP contribution in [-0.4, -0.2) is 17.8 Å². The Bertz CT molecular complexity index is 419. The summed E-state index contributed by atoms with van der Waals surface area (Å²) in [5.41, 5.74) is 6.80. The molecule has 0 radical (unpaired) electrons. The largest absolute Gasteiger partial charge is 0.393 e. The number of benzene rings is 1. The molecule has 2 N–H and O–H groups in total. The van der Waals surface area contributed by atoms with Gasteiger partial charge in [0, 0.05) is 12.2 Å². The van der Waals surface area contributed by atoms with Gasteiger partial charge in [0.1, 0.15) is 0 Å². The molecule has 19 heavy (non-hydrogen) atoms. The Morgan fingerprint density at radius 2 is 1.53 bits per heavy atom. The van der Waals surface area contributed by atoms with Gasteiger partial charge in [0.15, 0.2) is 0 Å². The minimum absolute atomic E-state index is 0.0547. The maximum Gasteiger partial charge on any atom is 0.0540 e. The van der Waals surface area contributed by atoms with Gasteiger partial charge in [-0.3, -0.25) is 0 Å². The van der Waals surface area contributed by atoms with Crippen LogP contribution < -0.4 is 5.32 Å². The van der Waals surface area contributed by atoms with Gasteiger partial charge in [-0.15, -0.1) is 0 Å². The summed E-state index contributed by atoms with van der Waals surface area (Å²) in [5, 5.41) is 13.2. The third-order valence-electron chi connectivity index (χ3n) is 4.75. The summed E-state index contributed by atoms with van der Waals surface area (Å²) in [6.45, 7) is 9.81. The Hall–Kier alpha value is -1.02. The molecule has 0 aromatic heterocycles. The van der Waals surface area contributed by atoms with Crippen LogP contribution in [0.1, 0.15) is 47.9 Å². The van der Waals surface area contributed by atoms with E-state index in [0.717, 1.165) is 32.2 Å². The van der Waals surface area contributed by atoms with Crippen molar-refractivity contribution >= 4 is 5.69 Å². The van der Waals surface area contributed by atoms with Gasteiger partial charge >= 0.3 is 0 Å². The van der Waals surface area contributed by atoms with Crippen molar-refractivity contribution in [1.29, 1.82) is 0 Å². The normalized spacial score (nSPS) is 23.4. The minimum atomic E-state index is -0.0547. The molecule has 106 valence electrons. The van der Waals surface area contributed by atoms with Gasteiger partial charge in [-0.25, -0.2) is 0 Å². The molecule has 0 atom stereocenters. The average molecular weight is 261 g/mol. The SMILES string of the molecule is Cc1cc(C)c(C)c(NCC2CCC(O)CC2)c1C. The quantitative estimate of drug-likeness (QED) is 0.865. The molecule has 0 amide bonds. The Balaban J connectivity index is 2.03. The monoisotopic (exact) mass is 261 g/mol. The van der Waals surface area contributed by atoms with E-state index in [1.165, 1.54) is 27.9 Å². The summed E-state index contributed by atoms with van der Waals surface area (Å²) < 4.78 is 0. The number of hydrogen-bond donors (Lipinski definition) is 2. The Morgan fingerprint density at radius 3 is 2.05 bits per heavy atom. The summed E-state index contributed by atoms with van der Waals surface area (Å²) in [6.07, 6.45) is 4.18. The van der Waals surface area contributed by atoms with E-state index in [1.807, 2.05) is 0 Å². The smallest absolute Gasteiger partial charge is 0.0540 e. The number of hydrogen-bond acceptors (Lipinski definition) is 2. The van der Waals surface area contributed by atoms with E-state index in [9.17, 15) is 5.11 Å². The van der Waals surface area contributed by atoms with Crippen LogP contribution in [0.25, 0.3) is 0 Å². The highest BCUT2D eigenvalue weighted by atomic mass is 16.3. The van der Waals surface area contributed by atoms with E-state index in [-0.39, 0.29) is 6.10 Å². The van der Waals surface area contributed by atoms with Gasteiger partial charge in [-0.1, -0.05) is 6.07 Å². The second-order valence-corrected chi connectivity index (χ2v) is 6.19. The Morgan fingerprint density at radius 1 is 1.00 bits per heavy atom. The van der Waals surface area contributed by atoms with Crippen LogP contribution in [0.4, 0.5) is 5.69 Å². The van der Waals surface area contributed by atoms with E-state index >= 15 is 0 Å². The van der Waals surface area contributed by atoms with Gasteiger partial charge < -0.3 is 10.4 Å². The van der Waals surface area contributed by atoms with Crippen LogP contribution in [0.3, 0.4) is 0 Å². The highest BCUT2D eigenvalue weighted by Crippen LogP contribution is 2.29. The first-order valence-electron chi connectivity index (χ1n) is 7.48. The second kappa shape index (κ2) is 5.96. The molecular formula is C17H27NO. The van der Waals surface area contributed by atoms with Crippen LogP contribution in [-0.2, 0) is 0 Å². The van der Waals surface area contributed by atoms with Crippen LogP contribution in [0, 0.1) is 33.6 Å². The van der Waals surface area contributed by atoms with E-state index < -0.39 is 0 Å². The lowest BCUT2D eigenvalue weighted by molar-refractivity contribution is 0.111. The Labute approximate surface area is 117 Å². The van der Waals surface area contributed by atoms with Crippen molar-refractivity contribution in [2.24, 2.45) is 5.92 Å². The molecule has 0 spiro atoms. The minimum Gasteiger partial charge on any atom is -0.393 e. The van der Waals surface area contributed by atoms with Crippen molar-refractivity contribution in [1.82, 2.24) is 0 Å². The summed E-state index contributed by atoms with van der Waals surface area (Å²) in [4.78, 5) is 0. The summed E-state index contributed by atoms with van der Waals surface area (Å²) >= 11 is 0. The number of aryl methyl sites for hydroxylation is 2. The molecule has 2 nitrogen and oxygen atoms in total. The van der Waals surface area contributed by atoms with Crippen molar-refractivity contribution in [3.8, 4) is 0 Å².